The molecule has 0 bridgehead atoms. The van der Waals surface area contributed by atoms with E-state index in [0.29, 0.717) is 24.7 Å². The number of amides is 2. The van der Waals surface area contributed by atoms with Gasteiger partial charge in [-0.2, -0.15) is 0 Å². The van der Waals surface area contributed by atoms with Crippen molar-refractivity contribution < 1.29 is 24.2 Å². The molecule has 2 aliphatic heterocycles. The Hall–Kier alpha value is -2.12. The molecule has 2 fully saturated rings. The quantitative estimate of drug-likeness (QED) is 0.870. The lowest BCUT2D eigenvalue weighted by Gasteiger charge is -2.33. The summed E-state index contributed by atoms with van der Waals surface area (Å²) in [6.07, 6.45) is -0.480. The van der Waals surface area contributed by atoms with Crippen molar-refractivity contribution >= 4 is 35.1 Å². The van der Waals surface area contributed by atoms with E-state index in [1.54, 1.807) is 34.1 Å². The highest BCUT2D eigenvalue weighted by molar-refractivity contribution is 6.30. The first-order chi connectivity index (χ1) is 11.9. The molecular weight excluding hydrogens is 348 g/mol. The van der Waals surface area contributed by atoms with Gasteiger partial charge in [-0.15, -0.1) is 0 Å². The van der Waals surface area contributed by atoms with Crippen LogP contribution in [-0.2, 0) is 19.1 Å². The van der Waals surface area contributed by atoms with Crippen LogP contribution in [0.2, 0.25) is 5.02 Å². The summed E-state index contributed by atoms with van der Waals surface area (Å²) in [5.41, 5.74) is 0.718. The van der Waals surface area contributed by atoms with Crippen molar-refractivity contribution in [2.24, 2.45) is 5.92 Å². The van der Waals surface area contributed by atoms with E-state index in [4.69, 9.17) is 21.4 Å². The summed E-state index contributed by atoms with van der Waals surface area (Å²) in [6, 6.07) is 6.92. The molecule has 2 amide bonds. The zero-order chi connectivity index (χ0) is 18.0. The molecule has 0 aliphatic carbocycles. The second kappa shape index (κ2) is 7.41. The molecule has 0 saturated carbocycles. The summed E-state index contributed by atoms with van der Waals surface area (Å²) < 4.78 is 5.39. The molecule has 3 rings (SSSR count). The predicted octanol–water partition coefficient (Wildman–Crippen LogP) is 1.40. The van der Waals surface area contributed by atoms with Crippen LogP contribution in [0.5, 0.6) is 0 Å². The normalized spacial score (nSPS) is 23.8. The van der Waals surface area contributed by atoms with Gasteiger partial charge in [0.25, 0.3) is 0 Å². The first-order valence-corrected chi connectivity index (χ1v) is 8.50. The van der Waals surface area contributed by atoms with Crippen LogP contribution in [-0.4, -0.2) is 60.1 Å². The minimum Gasteiger partial charge on any atom is -0.481 e. The molecule has 1 aromatic rings. The number of carboxylic acid groups (broad SMARTS) is 1. The van der Waals surface area contributed by atoms with Gasteiger partial charge in [-0.05, 0) is 24.3 Å². The lowest BCUT2D eigenvalue weighted by molar-refractivity contribution is -0.149. The summed E-state index contributed by atoms with van der Waals surface area (Å²) in [6.45, 7) is 1.29. The SMILES string of the molecule is O=C(O)C[C@@H]1CN(C(=O)[C@@H]2CC(=O)N(c3ccc(Cl)cc3)C2)CCO1. The molecule has 7 nitrogen and oxygen atoms in total. The number of carboxylic acids is 1. The maximum atomic E-state index is 12.7. The number of aliphatic carboxylic acids is 1. The minimum atomic E-state index is -0.954. The second-order valence-electron chi connectivity index (χ2n) is 6.26. The average molecular weight is 367 g/mol. The Kier molecular flexibility index (Phi) is 5.24. The Bertz CT molecular complexity index is 678. The number of halogens is 1. The molecule has 2 atom stereocenters. The fourth-order valence-electron chi connectivity index (χ4n) is 3.24. The molecule has 134 valence electrons. The van der Waals surface area contributed by atoms with Gasteiger partial charge >= 0.3 is 5.97 Å². The van der Waals surface area contributed by atoms with Crippen LogP contribution in [0.15, 0.2) is 24.3 Å². The van der Waals surface area contributed by atoms with E-state index in [1.165, 1.54) is 0 Å². The first kappa shape index (κ1) is 17.7. The van der Waals surface area contributed by atoms with Crippen molar-refractivity contribution in [3.63, 3.8) is 0 Å². The van der Waals surface area contributed by atoms with E-state index >= 15 is 0 Å². The molecule has 2 heterocycles. The van der Waals surface area contributed by atoms with Crippen molar-refractivity contribution in [2.45, 2.75) is 18.9 Å². The van der Waals surface area contributed by atoms with Crippen molar-refractivity contribution in [1.29, 1.82) is 0 Å². The average Bonchev–Trinajstić information content (AvgIpc) is 2.96. The lowest BCUT2D eigenvalue weighted by atomic mass is 10.1. The van der Waals surface area contributed by atoms with Crippen molar-refractivity contribution in [3.8, 4) is 0 Å². The maximum Gasteiger partial charge on any atom is 0.306 e. The third-order valence-corrected chi connectivity index (χ3v) is 4.72. The van der Waals surface area contributed by atoms with Gasteiger partial charge in [0.2, 0.25) is 11.8 Å². The van der Waals surface area contributed by atoms with E-state index in [1.807, 2.05) is 0 Å². The van der Waals surface area contributed by atoms with Gasteiger partial charge in [0.05, 0.1) is 25.0 Å². The van der Waals surface area contributed by atoms with Crippen LogP contribution in [0.3, 0.4) is 0 Å². The number of hydrogen-bond acceptors (Lipinski definition) is 4. The molecule has 0 spiro atoms. The number of carbonyl (C=O) groups is 3. The number of nitrogens with zero attached hydrogens (tertiary/aromatic N) is 2. The van der Waals surface area contributed by atoms with Gasteiger partial charge < -0.3 is 19.6 Å². The van der Waals surface area contributed by atoms with Crippen molar-refractivity contribution in [1.82, 2.24) is 4.90 Å². The molecule has 25 heavy (non-hydrogen) atoms. The van der Waals surface area contributed by atoms with E-state index < -0.39 is 18.0 Å². The molecule has 8 heteroatoms. The third-order valence-electron chi connectivity index (χ3n) is 4.47. The summed E-state index contributed by atoms with van der Waals surface area (Å²) in [5, 5.41) is 9.46. The second-order valence-corrected chi connectivity index (χ2v) is 6.69. The zero-order valence-corrected chi connectivity index (χ0v) is 14.3. The van der Waals surface area contributed by atoms with Crippen LogP contribution in [0.25, 0.3) is 0 Å². The highest BCUT2D eigenvalue weighted by atomic mass is 35.5. The molecule has 2 aliphatic rings. The molecule has 0 radical (unpaired) electrons. The predicted molar refractivity (Wildman–Crippen MR) is 90.5 cm³/mol. The molecule has 2 saturated heterocycles. The van der Waals surface area contributed by atoms with Gasteiger partial charge in [-0.25, -0.2) is 0 Å². The minimum absolute atomic E-state index is 0.101. The number of morpholine rings is 1. The molecule has 1 N–H and O–H groups in total. The molecule has 1 aromatic carbocycles. The van der Waals surface area contributed by atoms with Gasteiger partial charge in [0.15, 0.2) is 0 Å². The summed E-state index contributed by atoms with van der Waals surface area (Å²) in [7, 11) is 0. The van der Waals surface area contributed by atoms with Gasteiger partial charge in [0.1, 0.15) is 0 Å². The maximum absolute atomic E-state index is 12.7. The van der Waals surface area contributed by atoms with Crippen molar-refractivity contribution in [3.05, 3.63) is 29.3 Å². The molecule has 0 aromatic heterocycles. The third kappa shape index (κ3) is 4.11. The Morgan fingerprint density at radius 3 is 2.64 bits per heavy atom. The van der Waals surface area contributed by atoms with Gasteiger partial charge in [0, 0.05) is 36.8 Å². The largest absolute Gasteiger partial charge is 0.481 e. The molecule has 0 unspecified atom stereocenters. The number of carbonyl (C=O) groups excluding carboxylic acids is 2. The van der Waals surface area contributed by atoms with Crippen LogP contribution < -0.4 is 4.90 Å². The Morgan fingerprint density at radius 1 is 1.24 bits per heavy atom. The lowest BCUT2D eigenvalue weighted by Crippen LogP contribution is -2.48. The van der Waals surface area contributed by atoms with E-state index in [9.17, 15) is 14.4 Å². The number of hydrogen-bond donors (Lipinski definition) is 1. The van der Waals surface area contributed by atoms with Gasteiger partial charge in [-0.1, -0.05) is 11.6 Å². The molecular formula is C17H19ClN2O5. The number of benzene rings is 1. The van der Waals surface area contributed by atoms with Gasteiger partial charge in [-0.3, -0.25) is 14.4 Å². The van der Waals surface area contributed by atoms with Crippen LogP contribution in [0.1, 0.15) is 12.8 Å². The van der Waals surface area contributed by atoms with Crippen LogP contribution in [0.4, 0.5) is 5.69 Å². The Morgan fingerprint density at radius 2 is 1.96 bits per heavy atom. The van der Waals surface area contributed by atoms with E-state index in [-0.39, 0.29) is 31.2 Å². The monoisotopic (exact) mass is 366 g/mol. The summed E-state index contributed by atoms with van der Waals surface area (Å²) >= 11 is 5.87. The zero-order valence-electron chi connectivity index (χ0n) is 13.6. The highest BCUT2D eigenvalue weighted by Crippen LogP contribution is 2.28. The van der Waals surface area contributed by atoms with Crippen LogP contribution >= 0.6 is 11.6 Å². The van der Waals surface area contributed by atoms with E-state index in [2.05, 4.69) is 0 Å². The standard InChI is InChI=1S/C17H19ClN2O5/c18-12-1-3-13(4-2-12)20-9-11(7-15(20)21)17(24)19-5-6-25-14(10-19)8-16(22)23/h1-4,11,14H,5-10H2,(H,22,23)/t11-,14-/m1/s1. The number of anilines is 1. The van der Waals surface area contributed by atoms with Crippen molar-refractivity contribution in [2.75, 3.05) is 31.1 Å². The Labute approximate surface area is 150 Å². The fraction of sp³-hybridized carbons (Fsp3) is 0.471. The topological polar surface area (TPSA) is 87.2 Å². The smallest absolute Gasteiger partial charge is 0.306 e. The number of rotatable bonds is 4. The summed E-state index contributed by atoms with van der Waals surface area (Å²) in [5.74, 6) is -1.60. The fourth-order valence-corrected chi connectivity index (χ4v) is 3.37. The number of ether oxygens (including phenoxy) is 1. The Balaban J connectivity index is 1.64. The van der Waals surface area contributed by atoms with Crippen LogP contribution in [0, 0.1) is 5.92 Å². The highest BCUT2D eigenvalue weighted by Gasteiger charge is 2.38. The van der Waals surface area contributed by atoms with E-state index in [0.717, 1.165) is 5.69 Å². The summed E-state index contributed by atoms with van der Waals surface area (Å²) in [4.78, 5) is 39.0. The first-order valence-electron chi connectivity index (χ1n) is 8.12.